The number of halogens is 3. The van der Waals surface area contributed by atoms with Crippen LogP contribution in [0.15, 0.2) is 54.6 Å². The molecule has 4 heteroatoms. The minimum Gasteiger partial charge on any atom is -0.378 e. The van der Waals surface area contributed by atoms with Gasteiger partial charge in [-0.15, -0.1) is 0 Å². The highest BCUT2D eigenvalue weighted by molar-refractivity contribution is 5.71. The van der Waals surface area contributed by atoms with Gasteiger partial charge in [0.05, 0.1) is 12.7 Å². The third-order valence-corrected chi connectivity index (χ3v) is 6.69. The van der Waals surface area contributed by atoms with Gasteiger partial charge in [-0.3, -0.25) is 0 Å². The zero-order chi connectivity index (χ0) is 23.4. The highest BCUT2D eigenvalue weighted by atomic mass is 19.2. The van der Waals surface area contributed by atoms with Gasteiger partial charge in [0.25, 0.3) is 0 Å². The van der Waals surface area contributed by atoms with Crippen molar-refractivity contribution >= 4 is 0 Å². The summed E-state index contributed by atoms with van der Waals surface area (Å²) in [4.78, 5) is 0. The van der Waals surface area contributed by atoms with Crippen molar-refractivity contribution in [3.05, 3.63) is 83.2 Å². The zero-order valence-electron chi connectivity index (χ0n) is 19.3. The van der Waals surface area contributed by atoms with Gasteiger partial charge in [-0.25, -0.2) is 13.2 Å². The molecule has 1 fully saturated rings. The maximum absolute atomic E-state index is 14.9. The average molecular weight is 453 g/mol. The minimum absolute atomic E-state index is 0.0837. The molecule has 0 saturated carbocycles. The summed E-state index contributed by atoms with van der Waals surface area (Å²) < 4.78 is 49.9. The molecule has 0 aromatic heterocycles. The van der Waals surface area contributed by atoms with Crippen LogP contribution >= 0.6 is 0 Å². The third kappa shape index (κ3) is 5.33. The van der Waals surface area contributed by atoms with Crippen molar-refractivity contribution in [3.8, 4) is 22.3 Å². The summed E-state index contributed by atoms with van der Waals surface area (Å²) in [6.07, 6.45) is 5.52. The Kier molecular flexibility index (Phi) is 7.54. The van der Waals surface area contributed by atoms with E-state index in [1.54, 1.807) is 30.3 Å². The van der Waals surface area contributed by atoms with E-state index >= 15 is 0 Å². The van der Waals surface area contributed by atoms with E-state index in [1.807, 2.05) is 31.2 Å². The Bertz CT molecular complexity index is 1080. The van der Waals surface area contributed by atoms with Crippen molar-refractivity contribution in [2.24, 2.45) is 0 Å². The average Bonchev–Trinajstić information content (AvgIpc) is 2.83. The summed E-state index contributed by atoms with van der Waals surface area (Å²) >= 11 is 0. The zero-order valence-corrected chi connectivity index (χ0v) is 19.3. The lowest BCUT2D eigenvalue weighted by atomic mass is 9.90. The lowest BCUT2D eigenvalue weighted by Crippen LogP contribution is -2.22. The summed E-state index contributed by atoms with van der Waals surface area (Å²) in [5.41, 5.74) is 3.54. The number of ether oxygens (including phenoxy) is 1. The molecule has 2 atom stereocenters. The Morgan fingerprint density at radius 3 is 2.21 bits per heavy atom. The second kappa shape index (κ2) is 10.6. The number of aryl methyl sites for hydroxylation is 1. The Morgan fingerprint density at radius 1 is 0.818 bits per heavy atom. The van der Waals surface area contributed by atoms with Crippen molar-refractivity contribution in [1.82, 2.24) is 0 Å². The Hall–Kier alpha value is -2.59. The Balaban J connectivity index is 1.52. The predicted octanol–water partition coefficient (Wildman–Crippen LogP) is 8.45. The highest BCUT2D eigenvalue weighted by Crippen LogP contribution is 2.33. The first-order valence-electron chi connectivity index (χ1n) is 12.0. The van der Waals surface area contributed by atoms with Gasteiger partial charge in [-0.2, -0.15) is 0 Å². The normalized spacial score (nSPS) is 18.5. The topological polar surface area (TPSA) is 9.23 Å². The third-order valence-electron chi connectivity index (χ3n) is 6.69. The van der Waals surface area contributed by atoms with Gasteiger partial charge in [0.1, 0.15) is 5.82 Å². The molecule has 0 N–H and O–H groups in total. The molecular weight excluding hydrogens is 421 g/mol. The first-order valence-corrected chi connectivity index (χ1v) is 12.0. The number of unbranched alkanes of at least 4 members (excludes halogenated alkanes) is 2. The van der Waals surface area contributed by atoms with Crippen LogP contribution in [0.2, 0.25) is 0 Å². The van der Waals surface area contributed by atoms with E-state index in [0.717, 1.165) is 43.2 Å². The fraction of sp³-hybridized carbons (Fsp3) is 0.379. The first-order chi connectivity index (χ1) is 16.0. The van der Waals surface area contributed by atoms with Crippen molar-refractivity contribution < 1.29 is 17.9 Å². The van der Waals surface area contributed by atoms with Crippen LogP contribution in [0.1, 0.15) is 63.0 Å². The van der Waals surface area contributed by atoms with Crippen LogP contribution in [0, 0.1) is 17.5 Å². The van der Waals surface area contributed by atoms with Crippen LogP contribution in [-0.4, -0.2) is 12.7 Å². The maximum Gasteiger partial charge on any atom is 0.166 e. The molecule has 0 spiro atoms. The molecule has 2 unspecified atom stereocenters. The van der Waals surface area contributed by atoms with Gasteiger partial charge >= 0.3 is 0 Å². The van der Waals surface area contributed by atoms with E-state index in [9.17, 15) is 13.2 Å². The maximum atomic E-state index is 14.9. The number of rotatable bonds is 7. The van der Waals surface area contributed by atoms with Crippen LogP contribution in [0.4, 0.5) is 13.2 Å². The molecular formula is C29H31F3O. The molecule has 1 nitrogen and oxygen atoms in total. The second-order valence-corrected chi connectivity index (χ2v) is 9.09. The highest BCUT2D eigenvalue weighted by Gasteiger charge is 2.23. The monoisotopic (exact) mass is 452 g/mol. The summed E-state index contributed by atoms with van der Waals surface area (Å²) in [6.45, 7) is 4.67. The fourth-order valence-corrected chi connectivity index (χ4v) is 4.58. The molecule has 3 aromatic carbocycles. The standard InChI is InChI=1S/C29H31F3O/c1-3-4-5-6-22-13-16-26(29(32)28(22)31)21-11-9-20(10-12-21)23-14-15-25(27(30)17-23)24-8-7-19(2)33-18-24/h9-17,19,24H,3-8,18H2,1-2H3. The SMILES string of the molecule is CCCCCc1ccc(-c2ccc(-c3ccc(C4CCC(C)OC4)c(F)c3)cc2)c(F)c1F. The molecule has 3 aromatic rings. The van der Waals surface area contributed by atoms with Crippen molar-refractivity contribution in [2.75, 3.05) is 6.61 Å². The minimum atomic E-state index is -0.809. The fourth-order valence-electron chi connectivity index (χ4n) is 4.58. The molecule has 174 valence electrons. The molecule has 1 aliphatic rings. The summed E-state index contributed by atoms with van der Waals surface area (Å²) in [5.74, 6) is -1.71. The van der Waals surface area contributed by atoms with Gasteiger partial charge in [0.2, 0.25) is 0 Å². The summed E-state index contributed by atoms with van der Waals surface area (Å²) in [6, 6.07) is 15.8. The number of hydrogen-bond donors (Lipinski definition) is 0. The molecule has 4 rings (SSSR count). The number of hydrogen-bond acceptors (Lipinski definition) is 1. The molecule has 1 aliphatic heterocycles. The van der Waals surface area contributed by atoms with Crippen LogP contribution in [0.25, 0.3) is 22.3 Å². The lowest BCUT2D eigenvalue weighted by Gasteiger charge is -2.27. The molecule has 1 saturated heterocycles. The molecule has 0 radical (unpaired) electrons. The Morgan fingerprint density at radius 2 is 1.55 bits per heavy atom. The van der Waals surface area contributed by atoms with Crippen molar-refractivity contribution in [2.45, 2.75) is 64.4 Å². The van der Waals surface area contributed by atoms with E-state index in [2.05, 4.69) is 6.92 Å². The van der Waals surface area contributed by atoms with Crippen molar-refractivity contribution in [3.63, 3.8) is 0 Å². The van der Waals surface area contributed by atoms with E-state index in [4.69, 9.17) is 4.74 Å². The lowest BCUT2D eigenvalue weighted by molar-refractivity contribution is 0.0148. The predicted molar refractivity (Wildman–Crippen MR) is 128 cm³/mol. The largest absolute Gasteiger partial charge is 0.378 e. The molecule has 0 aliphatic carbocycles. The van der Waals surface area contributed by atoms with E-state index < -0.39 is 11.6 Å². The summed E-state index contributed by atoms with van der Waals surface area (Å²) in [7, 11) is 0. The Labute approximate surface area is 194 Å². The smallest absolute Gasteiger partial charge is 0.166 e. The van der Waals surface area contributed by atoms with Crippen LogP contribution in [-0.2, 0) is 11.2 Å². The molecule has 0 bridgehead atoms. The van der Waals surface area contributed by atoms with Gasteiger partial charge in [0.15, 0.2) is 11.6 Å². The van der Waals surface area contributed by atoms with Gasteiger partial charge in [-0.05, 0) is 66.5 Å². The van der Waals surface area contributed by atoms with E-state index in [1.165, 1.54) is 0 Å². The molecule has 33 heavy (non-hydrogen) atoms. The quantitative estimate of drug-likeness (QED) is 0.327. The molecule has 0 amide bonds. The van der Waals surface area contributed by atoms with Crippen LogP contribution in [0.5, 0.6) is 0 Å². The van der Waals surface area contributed by atoms with Crippen LogP contribution in [0.3, 0.4) is 0 Å². The van der Waals surface area contributed by atoms with Gasteiger partial charge in [0, 0.05) is 11.5 Å². The van der Waals surface area contributed by atoms with Gasteiger partial charge in [-0.1, -0.05) is 68.3 Å². The van der Waals surface area contributed by atoms with E-state index in [0.29, 0.717) is 29.7 Å². The first kappa shape index (κ1) is 23.6. The number of benzene rings is 3. The second-order valence-electron chi connectivity index (χ2n) is 9.09. The molecule has 1 heterocycles. The van der Waals surface area contributed by atoms with Crippen LogP contribution < -0.4 is 0 Å². The van der Waals surface area contributed by atoms with Gasteiger partial charge < -0.3 is 4.74 Å². The van der Waals surface area contributed by atoms with E-state index in [-0.39, 0.29) is 23.4 Å². The van der Waals surface area contributed by atoms with Crippen molar-refractivity contribution in [1.29, 1.82) is 0 Å². The summed E-state index contributed by atoms with van der Waals surface area (Å²) in [5, 5.41) is 0.